The van der Waals surface area contributed by atoms with E-state index in [0.29, 0.717) is 11.7 Å². The molecule has 1 atom stereocenters. The Morgan fingerprint density at radius 2 is 1.41 bits per heavy atom. The van der Waals surface area contributed by atoms with Crippen LogP contribution in [0.2, 0.25) is 0 Å². The minimum absolute atomic E-state index is 0.477. The highest BCUT2D eigenvalue weighted by molar-refractivity contribution is 5.78. The number of hydrogen-bond acceptors (Lipinski definition) is 1. The van der Waals surface area contributed by atoms with E-state index in [4.69, 9.17) is 0 Å². The zero-order valence-corrected chi connectivity index (χ0v) is 12.3. The fourth-order valence-electron chi connectivity index (χ4n) is 2.09. The van der Waals surface area contributed by atoms with E-state index in [-0.39, 0.29) is 0 Å². The van der Waals surface area contributed by atoms with E-state index in [1.165, 1.54) is 44.9 Å². The molecule has 0 aliphatic carbocycles. The smallest absolute Gasteiger partial charge is 0.133 e. The number of hydrogen-bond donors (Lipinski definition) is 0. The van der Waals surface area contributed by atoms with Crippen LogP contribution in [-0.2, 0) is 4.79 Å². The molecule has 0 amide bonds. The topological polar surface area (TPSA) is 17.1 Å². The molecular weight excluding hydrogens is 208 g/mol. The number of carbonyl (C=O) groups is 1. The molecule has 0 saturated carbocycles. The highest BCUT2D eigenvalue weighted by Gasteiger charge is 2.06. The first-order chi connectivity index (χ1) is 8.20. The SMILES string of the molecule is CCCCCCCCCCC(=O)CC(C)CC. The van der Waals surface area contributed by atoms with E-state index in [1.807, 2.05) is 0 Å². The van der Waals surface area contributed by atoms with Crippen LogP contribution in [0, 0.1) is 5.92 Å². The van der Waals surface area contributed by atoms with Crippen molar-refractivity contribution in [3.8, 4) is 0 Å². The predicted molar refractivity (Wildman–Crippen MR) is 76.3 cm³/mol. The van der Waals surface area contributed by atoms with Crippen LogP contribution in [0.3, 0.4) is 0 Å². The van der Waals surface area contributed by atoms with Gasteiger partial charge in [-0.25, -0.2) is 0 Å². The van der Waals surface area contributed by atoms with E-state index < -0.39 is 0 Å². The average Bonchev–Trinajstić information content (AvgIpc) is 2.32. The van der Waals surface area contributed by atoms with E-state index >= 15 is 0 Å². The van der Waals surface area contributed by atoms with Gasteiger partial charge in [0.2, 0.25) is 0 Å². The van der Waals surface area contributed by atoms with Crippen molar-refractivity contribution in [2.24, 2.45) is 5.92 Å². The lowest BCUT2D eigenvalue weighted by Gasteiger charge is -2.06. The van der Waals surface area contributed by atoms with Gasteiger partial charge in [0.1, 0.15) is 5.78 Å². The Kier molecular flexibility index (Phi) is 11.9. The normalized spacial score (nSPS) is 12.6. The molecule has 0 aliphatic heterocycles. The lowest BCUT2D eigenvalue weighted by Crippen LogP contribution is -2.04. The van der Waals surface area contributed by atoms with Gasteiger partial charge in [-0.15, -0.1) is 0 Å². The summed E-state index contributed by atoms with van der Waals surface area (Å²) in [5.41, 5.74) is 0. The maximum Gasteiger partial charge on any atom is 0.133 e. The summed E-state index contributed by atoms with van der Waals surface area (Å²) in [7, 11) is 0. The second-order valence-electron chi connectivity index (χ2n) is 5.48. The monoisotopic (exact) mass is 240 g/mol. The fraction of sp³-hybridized carbons (Fsp3) is 0.938. The predicted octanol–water partition coefficient (Wildman–Crippen LogP) is 5.52. The molecule has 17 heavy (non-hydrogen) atoms. The van der Waals surface area contributed by atoms with Crippen LogP contribution in [0.15, 0.2) is 0 Å². The minimum Gasteiger partial charge on any atom is -0.300 e. The van der Waals surface area contributed by atoms with Gasteiger partial charge in [-0.05, 0) is 12.3 Å². The third kappa shape index (κ3) is 11.9. The molecule has 102 valence electrons. The first-order valence-electron chi connectivity index (χ1n) is 7.72. The van der Waals surface area contributed by atoms with Crippen molar-refractivity contribution in [2.75, 3.05) is 0 Å². The first kappa shape index (κ1) is 16.7. The molecule has 0 heterocycles. The molecule has 0 aromatic heterocycles. The number of Topliss-reactive ketones (excluding diaryl/α,β-unsaturated/α-hetero) is 1. The van der Waals surface area contributed by atoms with E-state index in [1.54, 1.807) is 0 Å². The van der Waals surface area contributed by atoms with E-state index in [0.717, 1.165) is 25.7 Å². The number of unbranched alkanes of at least 4 members (excludes halogenated alkanes) is 7. The van der Waals surface area contributed by atoms with Crippen molar-refractivity contribution < 1.29 is 4.79 Å². The number of rotatable bonds is 12. The van der Waals surface area contributed by atoms with E-state index in [9.17, 15) is 4.79 Å². The van der Waals surface area contributed by atoms with Gasteiger partial charge in [0.25, 0.3) is 0 Å². The highest BCUT2D eigenvalue weighted by Crippen LogP contribution is 2.13. The maximum absolute atomic E-state index is 11.6. The molecular formula is C16H32O. The fourth-order valence-corrected chi connectivity index (χ4v) is 2.09. The van der Waals surface area contributed by atoms with Crippen molar-refractivity contribution in [3.05, 3.63) is 0 Å². The van der Waals surface area contributed by atoms with Crippen LogP contribution < -0.4 is 0 Å². The third-order valence-corrected chi connectivity index (χ3v) is 3.58. The minimum atomic E-state index is 0.477. The standard InChI is InChI=1S/C16H32O/c1-4-6-7-8-9-10-11-12-13-16(17)14-15(3)5-2/h15H,4-14H2,1-3H3. The van der Waals surface area contributed by atoms with Gasteiger partial charge in [-0.3, -0.25) is 4.79 Å². The van der Waals surface area contributed by atoms with Crippen LogP contribution in [0.4, 0.5) is 0 Å². The molecule has 1 unspecified atom stereocenters. The molecule has 0 radical (unpaired) electrons. The molecule has 0 N–H and O–H groups in total. The van der Waals surface area contributed by atoms with Crippen molar-refractivity contribution in [1.82, 2.24) is 0 Å². The van der Waals surface area contributed by atoms with Crippen LogP contribution in [0.5, 0.6) is 0 Å². The average molecular weight is 240 g/mol. The molecule has 0 fully saturated rings. The molecule has 0 aliphatic rings. The Morgan fingerprint density at radius 1 is 0.882 bits per heavy atom. The summed E-state index contributed by atoms with van der Waals surface area (Å²) in [6, 6.07) is 0. The maximum atomic E-state index is 11.6. The number of carbonyl (C=O) groups excluding carboxylic acids is 1. The van der Waals surface area contributed by atoms with Gasteiger partial charge in [0.05, 0.1) is 0 Å². The summed E-state index contributed by atoms with van der Waals surface area (Å²) >= 11 is 0. The van der Waals surface area contributed by atoms with Gasteiger partial charge >= 0.3 is 0 Å². The molecule has 0 spiro atoms. The highest BCUT2D eigenvalue weighted by atomic mass is 16.1. The van der Waals surface area contributed by atoms with Crippen molar-refractivity contribution in [2.45, 2.75) is 91.4 Å². The zero-order valence-electron chi connectivity index (χ0n) is 12.3. The molecule has 1 nitrogen and oxygen atoms in total. The van der Waals surface area contributed by atoms with Crippen molar-refractivity contribution >= 4 is 5.78 Å². The molecule has 0 saturated heterocycles. The van der Waals surface area contributed by atoms with Crippen LogP contribution in [0.1, 0.15) is 91.4 Å². The van der Waals surface area contributed by atoms with Crippen molar-refractivity contribution in [3.63, 3.8) is 0 Å². The largest absolute Gasteiger partial charge is 0.300 e. The quantitative estimate of drug-likeness (QED) is 0.410. The second kappa shape index (κ2) is 12.1. The van der Waals surface area contributed by atoms with Crippen LogP contribution in [0.25, 0.3) is 0 Å². The summed E-state index contributed by atoms with van der Waals surface area (Å²) < 4.78 is 0. The summed E-state index contributed by atoms with van der Waals surface area (Å²) in [5.74, 6) is 1.06. The summed E-state index contributed by atoms with van der Waals surface area (Å²) in [6.45, 7) is 6.59. The first-order valence-corrected chi connectivity index (χ1v) is 7.72. The Bertz CT molecular complexity index is 174. The van der Waals surface area contributed by atoms with Gasteiger partial charge in [0, 0.05) is 12.8 Å². The zero-order chi connectivity index (χ0) is 12.9. The van der Waals surface area contributed by atoms with Gasteiger partial charge in [-0.1, -0.05) is 72.1 Å². The molecule has 0 bridgehead atoms. The summed E-state index contributed by atoms with van der Waals surface area (Å²) in [6.07, 6.45) is 13.3. The Morgan fingerprint density at radius 3 is 1.94 bits per heavy atom. The molecule has 0 rings (SSSR count). The van der Waals surface area contributed by atoms with Gasteiger partial charge in [0.15, 0.2) is 0 Å². The second-order valence-corrected chi connectivity index (χ2v) is 5.48. The lowest BCUT2D eigenvalue weighted by atomic mass is 9.98. The Hall–Kier alpha value is -0.330. The van der Waals surface area contributed by atoms with Crippen LogP contribution in [-0.4, -0.2) is 5.78 Å². The number of ketones is 1. The summed E-state index contributed by atoms with van der Waals surface area (Å²) in [5, 5.41) is 0. The lowest BCUT2D eigenvalue weighted by molar-refractivity contribution is -0.120. The molecule has 0 aromatic carbocycles. The Balaban J connectivity index is 3.19. The van der Waals surface area contributed by atoms with Crippen LogP contribution >= 0.6 is 0 Å². The van der Waals surface area contributed by atoms with Gasteiger partial charge in [-0.2, -0.15) is 0 Å². The summed E-state index contributed by atoms with van der Waals surface area (Å²) in [4.78, 5) is 11.6. The molecule has 0 aromatic rings. The molecule has 1 heteroatoms. The third-order valence-electron chi connectivity index (χ3n) is 3.58. The Labute approximate surface area is 108 Å². The van der Waals surface area contributed by atoms with Crippen molar-refractivity contribution in [1.29, 1.82) is 0 Å². The van der Waals surface area contributed by atoms with E-state index in [2.05, 4.69) is 20.8 Å². The van der Waals surface area contributed by atoms with Gasteiger partial charge < -0.3 is 0 Å².